The van der Waals surface area contributed by atoms with Crippen LogP contribution in [0.2, 0.25) is 0 Å². The fourth-order valence-electron chi connectivity index (χ4n) is 13.6. The lowest BCUT2D eigenvalue weighted by Gasteiger charge is -2.42. The highest BCUT2D eigenvalue weighted by Gasteiger charge is 2.49. The van der Waals surface area contributed by atoms with E-state index in [4.69, 9.17) is 8.83 Å². The largest absolute Gasteiger partial charge is 0.456 e. The van der Waals surface area contributed by atoms with Gasteiger partial charge in [-0.25, -0.2) is 0 Å². The Morgan fingerprint density at radius 2 is 1.21 bits per heavy atom. The molecule has 5 heterocycles. The summed E-state index contributed by atoms with van der Waals surface area (Å²) in [5.41, 5.74) is 24.2. The molecule has 0 atom stereocenters. The number of fused-ring (bicyclic) bond motifs is 20. The standard InChI is InChI=1S/C63H53BN2O2/c1-60(2,3)34-22-24-35(25-23-34)66-49-30-40-37-17-11-14-20-51(37)67-53(40)31-42(49)56-57-58-54(55-38-18-12-15-21-52(38)68-59(55)56)41-28-45-46(62(6,7)27-26-61(45,4)5)33-48(41)65(58)50-32-44-39(29-47(50)64(57)66)36-16-10-13-19-43(36)63(44,8)9/h10-25,28-33H,26-27H2,1-9H3. The van der Waals surface area contributed by atoms with Crippen LogP contribution in [-0.4, -0.2) is 11.4 Å². The molecule has 0 N–H and O–H groups in total. The van der Waals surface area contributed by atoms with Crippen molar-refractivity contribution >= 4 is 94.8 Å². The summed E-state index contributed by atoms with van der Waals surface area (Å²) in [4.78, 5) is 2.68. The number of hydrogen-bond donors (Lipinski definition) is 0. The molecule has 0 fully saturated rings. The molecule has 8 aromatic carbocycles. The first-order valence-electron chi connectivity index (χ1n) is 24.7. The van der Waals surface area contributed by atoms with E-state index in [1.807, 2.05) is 0 Å². The average molecular weight is 881 g/mol. The quantitative estimate of drug-likeness (QED) is 0.154. The Labute approximate surface area is 397 Å². The van der Waals surface area contributed by atoms with Gasteiger partial charge in [-0.05, 0) is 134 Å². The number of hydrogen-bond acceptors (Lipinski definition) is 3. The van der Waals surface area contributed by atoms with E-state index in [-0.39, 0.29) is 28.5 Å². The highest BCUT2D eigenvalue weighted by molar-refractivity contribution is 6.94. The van der Waals surface area contributed by atoms with Crippen molar-refractivity contribution in [3.63, 3.8) is 0 Å². The fourth-order valence-corrected chi connectivity index (χ4v) is 13.6. The molecule has 0 saturated carbocycles. The zero-order chi connectivity index (χ0) is 46.1. The van der Waals surface area contributed by atoms with E-state index in [0.717, 1.165) is 73.8 Å². The molecule has 0 saturated heterocycles. The molecule has 2 aliphatic heterocycles. The summed E-state index contributed by atoms with van der Waals surface area (Å²) in [6.45, 7) is 21.4. The van der Waals surface area contributed by atoms with Crippen molar-refractivity contribution in [3.8, 4) is 27.9 Å². The molecule has 330 valence electrons. The minimum atomic E-state index is -0.191. The second kappa shape index (κ2) is 12.4. The third-order valence-corrected chi connectivity index (χ3v) is 17.4. The van der Waals surface area contributed by atoms with Gasteiger partial charge in [-0.2, -0.15) is 0 Å². The molecule has 0 amide bonds. The average Bonchev–Trinajstić information content (AvgIpc) is 4.05. The summed E-state index contributed by atoms with van der Waals surface area (Å²) in [7, 11) is 0. The van der Waals surface area contributed by atoms with E-state index < -0.39 is 0 Å². The van der Waals surface area contributed by atoms with Gasteiger partial charge < -0.3 is 18.2 Å². The maximum absolute atomic E-state index is 7.38. The van der Waals surface area contributed by atoms with Crippen LogP contribution in [0.1, 0.15) is 103 Å². The molecule has 4 aliphatic rings. The van der Waals surface area contributed by atoms with Crippen LogP contribution in [0.5, 0.6) is 0 Å². The molecular formula is C63H53BN2O2. The summed E-state index contributed by atoms with van der Waals surface area (Å²) in [5, 5.41) is 7.18. The third-order valence-electron chi connectivity index (χ3n) is 17.4. The van der Waals surface area contributed by atoms with Crippen molar-refractivity contribution < 1.29 is 8.83 Å². The predicted octanol–water partition coefficient (Wildman–Crippen LogP) is 15.8. The van der Waals surface area contributed by atoms with Crippen LogP contribution >= 0.6 is 0 Å². The number of rotatable bonds is 1. The Morgan fingerprint density at radius 3 is 1.96 bits per heavy atom. The first kappa shape index (κ1) is 39.1. The Kier molecular flexibility index (Phi) is 7.11. The highest BCUT2D eigenvalue weighted by atomic mass is 16.3. The zero-order valence-electron chi connectivity index (χ0n) is 40.4. The summed E-state index contributed by atoms with van der Waals surface area (Å²) in [6.07, 6.45) is 2.30. The highest BCUT2D eigenvalue weighted by Crippen LogP contribution is 2.56. The molecule has 0 radical (unpaired) electrons. The summed E-state index contributed by atoms with van der Waals surface area (Å²) < 4.78 is 16.9. The number of benzene rings is 8. The maximum atomic E-state index is 7.38. The van der Waals surface area contributed by atoms with Gasteiger partial charge >= 0.3 is 6.85 Å². The van der Waals surface area contributed by atoms with Crippen LogP contribution in [0, 0.1) is 0 Å². The van der Waals surface area contributed by atoms with Crippen LogP contribution in [0.15, 0.2) is 142 Å². The Bertz CT molecular complexity index is 4110. The SMILES string of the molecule is CC(C)(C)c1ccc(N2B3c4cc5c(cc4-n4c6cc7c(cc6c6c8c(oc9ccccc98)c(c3c64)-c3cc4oc6ccccc6c4cc32)C(C)(C)CCC7(C)C)C(C)(C)c2ccccc2-5)cc1. The molecule has 4 nitrogen and oxygen atoms in total. The molecular weight excluding hydrogens is 828 g/mol. The summed E-state index contributed by atoms with van der Waals surface area (Å²) in [5.74, 6) is 0. The molecule has 0 bridgehead atoms. The second-order valence-electron chi connectivity index (χ2n) is 23.5. The van der Waals surface area contributed by atoms with Crippen molar-refractivity contribution in [2.75, 3.05) is 4.81 Å². The van der Waals surface area contributed by atoms with Gasteiger partial charge in [0.05, 0.1) is 11.0 Å². The first-order valence-corrected chi connectivity index (χ1v) is 24.7. The van der Waals surface area contributed by atoms with Crippen molar-refractivity contribution in [2.45, 2.75) is 96.8 Å². The topological polar surface area (TPSA) is 34.5 Å². The van der Waals surface area contributed by atoms with Crippen LogP contribution in [-0.2, 0) is 21.7 Å². The van der Waals surface area contributed by atoms with Gasteiger partial charge in [0.15, 0.2) is 0 Å². The van der Waals surface area contributed by atoms with Crippen LogP contribution in [0.3, 0.4) is 0 Å². The molecule has 11 aromatic rings. The van der Waals surface area contributed by atoms with E-state index in [9.17, 15) is 0 Å². The first-order chi connectivity index (χ1) is 32.6. The van der Waals surface area contributed by atoms with Crippen molar-refractivity contribution in [1.82, 2.24) is 4.57 Å². The number of para-hydroxylation sites is 2. The second-order valence-corrected chi connectivity index (χ2v) is 23.5. The number of furan rings is 2. The van der Waals surface area contributed by atoms with Crippen molar-refractivity contribution in [3.05, 3.63) is 161 Å². The maximum Gasteiger partial charge on any atom is 0.333 e. The zero-order valence-corrected chi connectivity index (χ0v) is 40.4. The number of aromatic nitrogens is 1. The van der Waals surface area contributed by atoms with E-state index in [1.54, 1.807) is 0 Å². The van der Waals surface area contributed by atoms with Gasteiger partial charge in [0.1, 0.15) is 22.3 Å². The van der Waals surface area contributed by atoms with Crippen LogP contribution in [0.25, 0.3) is 93.6 Å². The van der Waals surface area contributed by atoms with Gasteiger partial charge in [0.25, 0.3) is 0 Å². The molecule has 0 unspecified atom stereocenters. The van der Waals surface area contributed by atoms with Gasteiger partial charge in [-0.15, -0.1) is 0 Å². The Hall–Kier alpha value is -6.98. The fraction of sp³-hybridized carbons (Fsp3) is 0.238. The molecule has 2 aliphatic carbocycles. The third kappa shape index (κ3) is 4.73. The lowest BCUT2D eigenvalue weighted by atomic mass is 9.43. The molecule has 0 spiro atoms. The molecule has 15 rings (SSSR count). The smallest absolute Gasteiger partial charge is 0.333 e. The van der Waals surface area contributed by atoms with E-state index in [0.29, 0.717) is 0 Å². The van der Waals surface area contributed by atoms with Crippen molar-refractivity contribution in [1.29, 1.82) is 0 Å². The van der Waals surface area contributed by atoms with Gasteiger partial charge in [0, 0.05) is 65.9 Å². The Morgan fingerprint density at radius 1 is 0.529 bits per heavy atom. The van der Waals surface area contributed by atoms with Crippen molar-refractivity contribution in [2.24, 2.45) is 0 Å². The van der Waals surface area contributed by atoms with Gasteiger partial charge in [-0.3, -0.25) is 0 Å². The monoisotopic (exact) mass is 880 g/mol. The van der Waals surface area contributed by atoms with E-state index in [2.05, 4.69) is 205 Å². The minimum Gasteiger partial charge on any atom is -0.456 e. The van der Waals surface area contributed by atoms with Crippen LogP contribution < -0.4 is 15.7 Å². The Balaban J connectivity index is 1.20. The van der Waals surface area contributed by atoms with Gasteiger partial charge in [-0.1, -0.05) is 141 Å². The molecule has 68 heavy (non-hydrogen) atoms. The van der Waals surface area contributed by atoms with E-state index >= 15 is 0 Å². The lowest BCUT2D eigenvalue weighted by molar-refractivity contribution is 0.332. The summed E-state index contributed by atoms with van der Waals surface area (Å²) in [6, 6.07) is 51.0. The number of nitrogens with zero attached hydrogens (tertiary/aromatic N) is 2. The minimum absolute atomic E-state index is 0.00723. The van der Waals surface area contributed by atoms with Gasteiger partial charge in [0.2, 0.25) is 0 Å². The number of anilines is 2. The lowest BCUT2D eigenvalue weighted by Crippen LogP contribution is -2.60. The normalized spacial score (nSPS) is 17.1. The predicted molar refractivity (Wildman–Crippen MR) is 286 cm³/mol. The van der Waals surface area contributed by atoms with E-state index in [1.165, 1.54) is 82.7 Å². The molecule has 3 aromatic heterocycles. The molecule has 5 heteroatoms. The summed E-state index contributed by atoms with van der Waals surface area (Å²) >= 11 is 0. The van der Waals surface area contributed by atoms with Crippen LogP contribution in [0.4, 0.5) is 11.4 Å².